The molecule has 0 radical (unpaired) electrons. The quantitative estimate of drug-likeness (QED) is 0.673. The number of hydrogen-bond donors (Lipinski definition) is 0. The summed E-state index contributed by atoms with van der Waals surface area (Å²) in [7, 11) is 0. The molecule has 0 spiro atoms. The van der Waals surface area contributed by atoms with Crippen LogP contribution in [-0.2, 0) is 0 Å². The molecule has 0 fully saturated rings. The Morgan fingerprint density at radius 2 is 1.42 bits per heavy atom. The highest BCUT2D eigenvalue weighted by Gasteiger charge is 2.13. The van der Waals surface area contributed by atoms with Crippen molar-refractivity contribution in [2.24, 2.45) is 0 Å². The maximum absolute atomic E-state index is 5.90. The lowest BCUT2D eigenvalue weighted by Gasteiger charge is -1.96. The molecule has 2 nitrogen and oxygen atoms in total. The minimum Gasteiger partial charge on any atom is -0.435 e. The SMILES string of the molecule is C=Cc1nc(-c2ccccc2)oc1-c1ccccc1. The van der Waals surface area contributed by atoms with E-state index in [2.05, 4.69) is 11.6 Å². The van der Waals surface area contributed by atoms with Gasteiger partial charge in [-0.3, -0.25) is 0 Å². The van der Waals surface area contributed by atoms with Crippen LogP contribution in [0.2, 0.25) is 0 Å². The molecule has 0 unspecified atom stereocenters. The number of rotatable bonds is 3. The Hall–Kier alpha value is -2.61. The van der Waals surface area contributed by atoms with Crippen LogP contribution in [0.25, 0.3) is 28.9 Å². The highest BCUT2D eigenvalue weighted by molar-refractivity contribution is 5.70. The number of aromatic nitrogens is 1. The summed E-state index contributed by atoms with van der Waals surface area (Å²) >= 11 is 0. The summed E-state index contributed by atoms with van der Waals surface area (Å²) in [5.41, 5.74) is 2.74. The van der Waals surface area contributed by atoms with Gasteiger partial charge in [0.25, 0.3) is 0 Å². The summed E-state index contributed by atoms with van der Waals surface area (Å²) in [4.78, 5) is 4.49. The third-order valence-corrected chi connectivity index (χ3v) is 2.90. The lowest BCUT2D eigenvalue weighted by molar-refractivity contribution is 0.588. The van der Waals surface area contributed by atoms with Crippen LogP contribution >= 0.6 is 0 Å². The minimum absolute atomic E-state index is 0.620. The average molecular weight is 247 g/mol. The molecule has 3 aromatic rings. The van der Waals surface area contributed by atoms with Crippen molar-refractivity contribution in [2.75, 3.05) is 0 Å². The van der Waals surface area contributed by atoms with Crippen molar-refractivity contribution in [3.8, 4) is 22.8 Å². The largest absolute Gasteiger partial charge is 0.435 e. The standard InChI is InChI=1S/C17H13NO/c1-2-15-16(13-9-5-3-6-10-13)19-17(18-15)14-11-7-4-8-12-14/h2-12H,1H2. The molecule has 19 heavy (non-hydrogen) atoms. The maximum Gasteiger partial charge on any atom is 0.227 e. The van der Waals surface area contributed by atoms with Crippen molar-refractivity contribution in [1.82, 2.24) is 4.98 Å². The van der Waals surface area contributed by atoms with Crippen molar-refractivity contribution in [3.05, 3.63) is 72.9 Å². The van der Waals surface area contributed by atoms with Crippen molar-refractivity contribution < 1.29 is 4.42 Å². The molecule has 0 amide bonds. The van der Waals surface area contributed by atoms with Crippen molar-refractivity contribution in [3.63, 3.8) is 0 Å². The Morgan fingerprint density at radius 1 is 0.842 bits per heavy atom. The zero-order chi connectivity index (χ0) is 13.1. The van der Waals surface area contributed by atoms with Gasteiger partial charge >= 0.3 is 0 Å². The fourth-order valence-corrected chi connectivity index (χ4v) is 1.97. The van der Waals surface area contributed by atoms with Crippen LogP contribution in [0.3, 0.4) is 0 Å². The van der Waals surface area contributed by atoms with Crippen LogP contribution in [0, 0.1) is 0 Å². The predicted molar refractivity (Wildman–Crippen MR) is 77.5 cm³/mol. The van der Waals surface area contributed by atoms with Gasteiger partial charge in [-0.1, -0.05) is 55.1 Å². The molecule has 2 heteroatoms. The molecule has 1 aromatic heterocycles. The van der Waals surface area contributed by atoms with Crippen LogP contribution in [0.4, 0.5) is 0 Å². The van der Waals surface area contributed by atoms with Gasteiger partial charge in [-0.25, -0.2) is 4.98 Å². The van der Waals surface area contributed by atoms with Crippen LogP contribution in [0.15, 0.2) is 71.7 Å². The predicted octanol–water partition coefficient (Wildman–Crippen LogP) is 4.65. The van der Waals surface area contributed by atoms with Gasteiger partial charge in [0.05, 0.1) is 0 Å². The molecule has 0 aliphatic rings. The summed E-state index contributed by atoms with van der Waals surface area (Å²) in [5.74, 6) is 1.38. The summed E-state index contributed by atoms with van der Waals surface area (Å²) < 4.78 is 5.90. The summed E-state index contributed by atoms with van der Waals surface area (Å²) in [5, 5.41) is 0. The van der Waals surface area contributed by atoms with Crippen LogP contribution in [-0.4, -0.2) is 4.98 Å². The zero-order valence-corrected chi connectivity index (χ0v) is 10.4. The molecule has 0 aliphatic carbocycles. The second-order valence-corrected chi connectivity index (χ2v) is 4.17. The monoisotopic (exact) mass is 247 g/mol. The fourth-order valence-electron chi connectivity index (χ4n) is 1.97. The third kappa shape index (κ3) is 2.20. The molecule has 0 bridgehead atoms. The van der Waals surface area contributed by atoms with E-state index < -0.39 is 0 Å². The van der Waals surface area contributed by atoms with Gasteiger partial charge in [-0.2, -0.15) is 0 Å². The van der Waals surface area contributed by atoms with Crippen LogP contribution in [0.1, 0.15) is 5.69 Å². The number of nitrogens with zero attached hydrogens (tertiary/aromatic N) is 1. The molecule has 1 heterocycles. The molecule has 0 aliphatic heterocycles. The smallest absolute Gasteiger partial charge is 0.227 e. The topological polar surface area (TPSA) is 26.0 Å². The molecule has 2 aromatic carbocycles. The lowest BCUT2D eigenvalue weighted by atomic mass is 10.1. The van der Waals surface area contributed by atoms with E-state index in [0.717, 1.165) is 22.6 Å². The average Bonchev–Trinajstić information content (AvgIpc) is 2.93. The van der Waals surface area contributed by atoms with Gasteiger partial charge in [0.1, 0.15) is 5.69 Å². The van der Waals surface area contributed by atoms with E-state index in [1.165, 1.54) is 0 Å². The van der Waals surface area contributed by atoms with Crippen molar-refractivity contribution >= 4 is 6.08 Å². The summed E-state index contributed by atoms with van der Waals surface area (Å²) in [6, 6.07) is 19.8. The molecule has 0 N–H and O–H groups in total. The fraction of sp³-hybridized carbons (Fsp3) is 0. The van der Waals surface area contributed by atoms with Crippen LogP contribution < -0.4 is 0 Å². The zero-order valence-electron chi connectivity index (χ0n) is 10.4. The van der Waals surface area contributed by atoms with Gasteiger partial charge in [0.15, 0.2) is 5.76 Å². The second kappa shape index (κ2) is 4.94. The highest BCUT2D eigenvalue weighted by Crippen LogP contribution is 2.30. The van der Waals surface area contributed by atoms with Gasteiger partial charge < -0.3 is 4.42 Å². The molecule has 0 saturated heterocycles. The normalized spacial score (nSPS) is 10.3. The van der Waals surface area contributed by atoms with E-state index in [1.807, 2.05) is 60.7 Å². The number of hydrogen-bond acceptors (Lipinski definition) is 2. The Kier molecular flexibility index (Phi) is 2.99. The number of benzene rings is 2. The Balaban J connectivity index is 2.12. The number of oxazole rings is 1. The third-order valence-electron chi connectivity index (χ3n) is 2.90. The van der Waals surface area contributed by atoms with E-state index in [0.29, 0.717) is 5.89 Å². The summed E-state index contributed by atoms with van der Waals surface area (Å²) in [6.07, 6.45) is 1.72. The minimum atomic E-state index is 0.620. The van der Waals surface area contributed by atoms with E-state index in [4.69, 9.17) is 4.42 Å². The van der Waals surface area contributed by atoms with E-state index >= 15 is 0 Å². The molecule has 92 valence electrons. The van der Waals surface area contributed by atoms with Crippen LogP contribution in [0.5, 0.6) is 0 Å². The molecular weight excluding hydrogens is 234 g/mol. The Bertz CT molecular complexity index is 684. The lowest BCUT2D eigenvalue weighted by Crippen LogP contribution is -1.78. The first-order valence-electron chi connectivity index (χ1n) is 6.12. The van der Waals surface area contributed by atoms with Gasteiger partial charge in [0.2, 0.25) is 5.89 Å². The van der Waals surface area contributed by atoms with Gasteiger partial charge in [-0.15, -0.1) is 0 Å². The first kappa shape index (κ1) is 11.5. The van der Waals surface area contributed by atoms with Crippen molar-refractivity contribution in [1.29, 1.82) is 0 Å². The second-order valence-electron chi connectivity index (χ2n) is 4.17. The Labute approximate surface area is 112 Å². The Morgan fingerprint density at radius 3 is 2.00 bits per heavy atom. The van der Waals surface area contributed by atoms with Gasteiger partial charge in [-0.05, 0) is 18.2 Å². The van der Waals surface area contributed by atoms with E-state index in [9.17, 15) is 0 Å². The van der Waals surface area contributed by atoms with Gasteiger partial charge in [0, 0.05) is 11.1 Å². The molecule has 3 rings (SSSR count). The maximum atomic E-state index is 5.90. The summed E-state index contributed by atoms with van der Waals surface area (Å²) in [6.45, 7) is 3.80. The first-order valence-corrected chi connectivity index (χ1v) is 6.12. The van der Waals surface area contributed by atoms with E-state index in [1.54, 1.807) is 6.08 Å². The first-order chi connectivity index (χ1) is 9.38. The van der Waals surface area contributed by atoms with E-state index in [-0.39, 0.29) is 0 Å². The molecular formula is C17H13NO. The van der Waals surface area contributed by atoms with Crippen molar-refractivity contribution in [2.45, 2.75) is 0 Å². The molecule has 0 saturated carbocycles. The molecule has 0 atom stereocenters. The highest BCUT2D eigenvalue weighted by atomic mass is 16.4.